The van der Waals surface area contributed by atoms with Gasteiger partial charge in [0.2, 0.25) is 0 Å². The van der Waals surface area contributed by atoms with Gasteiger partial charge in [-0.25, -0.2) is 0 Å². The van der Waals surface area contributed by atoms with E-state index in [0.29, 0.717) is 11.7 Å². The Balaban J connectivity index is 2.41. The van der Waals surface area contributed by atoms with Crippen LogP contribution in [0.1, 0.15) is 19.4 Å². The maximum atomic E-state index is 5.63. The third-order valence-corrected chi connectivity index (χ3v) is 2.35. The highest BCUT2D eigenvalue weighted by Gasteiger charge is 2.27. The summed E-state index contributed by atoms with van der Waals surface area (Å²) in [5.74, 6) is 0.808. The molecule has 0 saturated heterocycles. The molecule has 2 rings (SSSR count). The van der Waals surface area contributed by atoms with Gasteiger partial charge in [-0.2, -0.15) is 0 Å². The highest BCUT2D eigenvalue weighted by Crippen LogP contribution is 2.27. The molecule has 14 heavy (non-hydrogen) atoms. The molecule has 0 spiro atoms. The van der Waals surface area contributed by atoms with Crippen molar-refractivity contribution in [3.63, 3.8) is 0 Å². The fourth-order valence-electron chi connectivity index (χ4n) is 1.35. The number of hydrogen-bond acceptors (Lipinski definition) is 3. The molecule has 0 fully saturated rings. The molecule has 0 bridgehead atoms. The van der Waals surface area contributed by atoms with Gasteiger partial charge in [0.25, 0.3) is 0 Å². The molecule has 74 valence electrons. The third kappa shape index (κ3) is 1.73. The van der Waals surface area contributed by atoms with Crippen LogP contribution in [-0.4, -0.2) is 17.3 Å². The average molecular weight is 208 g/mol. The smallest absolute Gasteiger partial charge is 0.195 e. The second-order valence-electron chi connectivity index (χ2n) is 3.93. The van der Waals surface area contributed by atoms with E-state index in [1.165, 1.54) is 0 Å². The zero-order valence-corrected chi connectivity index (χ0v) is 9.06. The number of benzene rings is 1. The second-order valence-corrected chi connectivity index (χ2v) is 4.30. The SMILES string of the molecule is CC1(C)COc2ccccc2C(=S)O1. The zero-order chi connectivity index (χ0) is 10.2. The van der Waals surface area contributed by atoms with Gasteiger partial charge >= 0.3 is 0 Å². The molecule has 1 aliphatic rings. The number of rotatable bonds is 0. The van der Waals surface area contributed by atoms with Crippen LogP contribution < -0.4 is 4.74 Å². The summed E-state index contributed by atoms with van der Waals surface area (Å²) in [5, 5.41) is 0.517. The first kappa shape index (κ1) is 9.46. The number of thiocarbonyl (C=S) groups is 1. The topological polar surface area (TPSA) is 18.5 Å². The molecule has 1 aromatic rings. The van der Waals surface area contributed by atoms with Crippen molar-refractivity contribution in [3.8, 4) is 5.75 Å². The van der Waals surface area contributed by atoms with E-state index < -0.39 is 0 Å². The minimum absolute atomic E-state index is 0.351. The van der Waals surface area contributed by atoms with E-state index in [0.717, 1.165) is 11.3 Å². The third-order valence-electron chi connectivity index (χ3n) is 2.05. The molecule has 0 unspecified atom stereocenters. The minimum atomic E-state index is -0.351. The average Bonchev–Trinajstić information content (AvgIpc) is 2.24. The van der Waals surface area contributed by atoms with Crippen molar-refractivity contribution >= 4 is 17.3 Å². The number of fused-ring (bicyclic) bond motifs is 1. The maximum absolute atomic E-state index is 5.63. The molecule has 0 amide bonds. The first-order valence-corrected chi connectivity index (χ1v) is 4.94. The molecule has 0 saturated carbocycles. The summed E-state index contributed by atoms with van der Waals surface area (Å²) >= 11 is 5.19. The predicted octanol–water partition coefficient (Wildman–Crippen LogP) is 2.55. The Kier molecular flexibility index (Phi) is 2.19. The lowest BCUT2D eigenvalue weighted by Gasteiger charge is -2.22. The van der Waals surface area contributed by atoms with Gasteiger partial charge in [-0.05, 0) is 38.2 Å². The number of para-hydroxylation sites is 1. The van der Waals surface area contributed by atoms with Gasteiger partial charge < -0.3 is 9.47 Å². The molecule has 1 heterocycles. The predicted molar refractivity (Wildman–Crippen MR) is 58.8 cm³/mol. The molecule has 3 heteroatoms. The highest BCUT2D eigenvalue weighted by atomic mass is 32.1. The van der Waals surface area contributed by atoms with Crippen molar-refractivity contribution in [2.45, 2.75) is 19.4 Å². The highest BCUT2D eigenvalue weighted by molar-refractivity contribution is 7.80. The van der Waals surface area contributed by atoms with E-state index >= 15 is 0 Å². The summed E-state index contributed by atoms with van der Waals surface area (Å²) in [6, 6.07) is 7.68. The normalized spacial score (nSPS) is 18.9. The van der Waals surface area contributed by atoms with Gasteiger partial charge in [-0.3, -0.25) is 0 Å². The fourth-order valence-corrected chi connectivity index (χ4v) is 1.74. The Morgan fingerprint density at radius 3 is 2.79 bits per heavy atom. The first-order chi connectivity index (χ1) is 6.58. The monoisotopic (exact) mass is 208 g/mol. The van der Waals surface area contributed by atoms with Crippen molar-refractivity contribution < 1.29 is 9.47 Å². The van der Waals surface area contributed by atoms with Gasteiger partial charge in [-0.15, -0.1) is 0 Å². The molecule has 1 aromatic carbocycles. The minimum Gasteiger partial charge on any atom is -0.489 e. The van der Waals surface area contributed by atoms with E-state index in [4.69, 9.17) is 21.7 Å². The summed E-state index contributed by atoms with van der Waals surface area (Å²) in [6.45, 7) is 4.44. The van der Waals surface area contributed by atoms with Crippen LogP contribution in [-0.2, 0) is 4.74 Å². The zero-order valence-electron chi connectivity index (χ0n) is 8.24. The van der Waals surface area contributed by atoms with Crippen LogP contribution in [0.25, 0.3) is 0 Å². The molecule has 0 aromatic heterocycles. The maximum Gasteiger partial charge on any atom is 0.195 e. The van der Waals surface area contributed by atoms with Crippen LogP contribution in [0.3, 0.4) is 0 Å². The van der Waals surface area contributed by atoms with E-state index in [1.54, 1.807) is 0 Å². The summed E-state index contributed by atoms with van der Waals surface area (Å²) in [7, 11) is 0. The van der Waals surface area contributed by atoms with Crippen molar-refractivity contribution in [2.24, 2.45) is 0 Å². The van der Waals surface area contributed by atoms with Crippen LogP contribution in [0.15, 0.2) is 24.3 Å². The van der Waals surface area contributed by atoms with Crippen molar-refractivity contribution in [1.29, 1.82) is 0 Å². The van der Waals surface area contributed by atoms with Crippen LogP contribution >= 0.6 is 12.2 Å². The molecule has 0 aliphatic carbocycles. The van der Waals surface area contributed by atoms with Crippen molar-refractivity contribution in [1.82, 2.24) is 0 Å². The van der Waals surface area contributed by atoms with E-state index in [2.05, 4.69) is 0 Å². The quantitative estimate of drug-likeness (QED) is 0.610. The van der Waals surface area contributed by atoms with Crippen LogP contribution in [0.2, 0.25) is 0 Å². The Labute approximate surface area is 88.8 Å². The summed E-state index contributed by atoms with van der Waals surface area (Å²) in [6.07, 6.45) is 0. The molecule has 0 N–H and O–H groups in total. The van der Waals surface area contributed by atoms with Gasteiger partial charge in [0.1, 0.15) is 18.0 Å². The summed E-state index contributed by atoms with van der Waals surface area (Å²) in [4.78, 5) is 0. The van der Waals surface area contributed by atoms with E-state index in [-0.39, 0.29) is 5.60 Å². The molecular formula is C11H12O2S. The van der Waals surface area contributed by atoms with Crippen LogP contribution in [0.5, 0.6) is 5.75 Å². The lowest BCUT2D eigenvalue weighted by atomic mass is 10.1. The van der Waals surface area contributed by atoms with Gasteiger partial charge in [0, 0.05) is 0 Å². The first-order valence-electron chi connectivity index (χ1n) is 4.54. The van der Waals surface area contributed by atoms with Crippen molar-refractivity contribution in [2.75, 3.05) is 6.61 Å². The van der Waals surface area contributed by atoms with Crippen LogP contribution in [0, 0.1) is 0 Å². The van der Waals surface area contributed by atoms with E-state index in [1.807, 2.05) is 38.1 Å². The van der Waals surface area contributed by atoms with Crippen molar-refractivity contribution in [3.05, 3.63) is 29.8 Å². The second kappa shape index (κ2) is 3.24. The van der Waals surface area contributed by atoms with Crippen LogP contribution in [0.4, 0.5) is 0 Å². The Morgan fingerprint density at radius 1 is 1.29 bits per heavy atom. The van der Waals surface area contributed by atoms with Gasteiger partial charge in [-0.1, -0.05) is 12.1 Å². The Hall–Kier alpha value is -1.09. The molecule has 2 nitrogen and oxygen atoms in total. The molecule has 1 aliphatic heterocycles. The lowest BCUT2D eigenvalue weighted by Crippen LogP contribution is -2.32. The van der Waals surface area contributed by atoms with Gasteiger partial charge in [0.15, 0.2) is 5.05 Å². The van der Waals surface area contributed by atoms with Gasteiger partial charge in [0.05, 0.1) is 5.56 Å². The fraction of sp³-hybridized carbons (Fsp3) is 0.364. The molecular weight excluding hydrogens is 196 g/mol. The standard InChI is InChI=1S/C11H12O2S/c1-11(2)7-12-9-6-4-3-5-8(9)10(14)13-11/h3-6H,7H2,1-2H3. The number of hydrogen-bond donors (Lipinski definition) is 0. The lowest BCUT2D eigenvalue weighted by molar-refractivity contribution is 0.0527. The summed E-state index contributed by atoms with van der Waals surface area (Å²) < 4.78 is 11.3. The Bertz CT molecular complexity index is 371. The van der Waals surface area contributed by atoms with E-state index in [9.17, 15) is 0 Å². The number of ether oxygens (including phenoxy) is 2. The summed E-state index contributed by atoms with van der Waals surface area (Å²) in [5.41, 5.74) is 0.518. The molecule has 0 radical (unpaired) electrons. The molecule has 0 atom stereocenters. The largest absolute Gasteiger partial charge is 0.489 e. The Morgan fingerprint density at radius 2 is 2.00 bits per heavy atom.